The summed E-state index contributed by atoms with van der Waals surface area (Å²) >= 11 is 9.11. The summed E-state index contributed by atoms with van der Waals surface area (Å²) in [4.78, 5) is 15.8. The van der Waals surface area contributed by atoms with Crippen molar-refractivity contribution in [2.75, 3.05) is 26.4 Å². The number of carbonyl (C=O) groups is 1. The number of carbonyl (C=O) groups excluding carboxylic acids is 1. The van der Waals surface area contributed by atoms with Gasteiger partial charge in [0.15, 0.2) is 0 Å². The van der Waals surface area contributed by atoms with Crippen molar-refractivity contribution >= 4 is 33.4 Å². The molecule has 1 aliphatic rings. The number of hydrogen-bond acceptors (Lipinski definition) is 4. The molecule has 5 nitrogen and oxygen atoms in total. The topological polar surface area (TPSA) is 60.5 Å². The van der Waals surface area contributed by atoms with Crippen LogP contribution in [0, 0.1) is 0 Å². The van der Waals surface area contributed by atoms with Crippen molar-refractivity contribution in [3.8, 4) is 0 Å². The monoisotopic (exact) mass is 334 g/mol. The van der Waals surface area contributed by atoms with E-state index in [1.54, 1.807) is 6.07 Å². The molecule has 1 N–H and O–H groups in total. The number of ether oxygens (including phenoxy) is 2. The molecule has 7 heteroatoms. The summed E-state index contributed by atoms with van der Waals surface area (Å²) in [6, 6.07) is 1.63. The minimum atomic E-state index is -0.275. The third-order valence-electron chi connectivity index (χ3n) is 2.43. The average molecular weight is 336 g/mol. The Morgan fingerprint density at radius 3 is 3.17 bits per heavy atom. The summed E-state index contributed by atoms with van der Waals surface area (Å²) in [5.41, 5.74) is 0.336. The molecular weight excluding hydrogens is 323 g/mol. The first-order valence-corrected chi connectivity index (χ1v) is 6.62. The van der Waals surface area contributed by atoms with Gasteiger partial charge in [-0.15, -0.1) is 0 Å². The SMILES string of the molecule is O=C(NCC1COCCO1)c1cc(Br)cnc1Cl. The maximum absolute atomic E-state index is 11.9. The molecule has 1 unspecified atom stereocenters. The predicted octanol–water partition coefficient (Wildman–Crippen LogP) is 1.64. The second-order valence-electron chi connectivity index (χ2n) is 3.77. The molecule has 1 aliphatic heterocycles. The van der Waals surface area contributed by atoms with Crippen molar-refractivity contribution in [1.82, 2.24) is 10.3 Å². The molecule has 1 atom stereocenters. The molecule has 0 spiro atoms. The van der Waals surface area contributed by atoms with E-state index in [0.717, 1.165) is 0 Å². The molecule has 0 radical (unpaired) electrons. The largest absolute Gasteiger partial charge is 0.376 e. The fourth-order valence-electron chi connectivity index (χ4n) is 1.54. The molecule has 0 aliphatic carbocycles. The number of amides is 1. The zero-order chi connectivity index (χ0) is 13.0. The zero-order valence-electron chi connectivity index (χ0n) is 9.49. The first kappa shape index (κ1) is 13.7. The van der Waals surface area contributed by atoms with Crippen LogP contribution in [-0.2, 0) is 9.47 Å². The van der Waals surface area contributed by atoms with Gasteiger partial charge in [0, 0.05) is 17.2 Å². The van der Waals surface area contributed by atoms with E-state index in [4.69, 9.17) is 21.1 Å². The van der Waals surface area contributed by atoms with Crippen molar-refractivity contribution < 1.29 is 14.3 Å². The molecule has 0 aromatic carbocycles. The smallest absolute Gasteiger partial charge is 0.254 e. The first-order chi connectivity index (χ1) is 8.66. The summed E-state index contributed by atoms with van der Waals surface area (Å²) in [5, 5.41) is 2.92. The quantitative estimate of drug-likeness (QED) is 0.853. The zero-order valence-corrected chi connectivity index (χ0v) is 11.8. The number of halogens is 2. The van der Waals surface area contributed by atoms with Crippen LogP contribution in [0.15, 0.2) is 16.7 Å². The molecule has 0 bridgehead atoms. The Hall–Kier alpha value is -0.690. The highest BCUT2D eigenvalue weighted by Gasteiger charge is 2.17. The normalized spacial score (nSPS) is 19.6. The van der Waals surface area contributed by atoms with Gasteiger partial charge in [-0.1, -0.05) is 11.6 Å². The number of pyridine rings is 1. The second-order valence-corrected chi connectivity index (χ2v) is 5.04. The van der Waals surface area contributed by atoms with Crippen LogP contribution in [0.2, 0.25) is 5.15 Å². The van der Waals surface area contributed by atoms with E-state index in [1.807, 2.05) is 0 Å². The van der Waals surface area contributed by atoms with Crippen molar-refractivity contribution in [2.45, 2.75) is 6.10 Å². The fourth-order valence-corrected chi connectivity index (χ4v) is 2.06. The van der Waals surface area contributed by atoms with E-state index in [2.05, 4.69) is 26.2 Å². The Kier molecular flexibility index (Phi) is 4.94. The lowest BCUT2D eigenvalue weighted by atomic mass is 10.2. The molecule has 0 saturated carbocycles. The van der Waals surface area contributed by atoms with E-state index in [0.29, 0.717) is 36.4 Å². The second kappa shape index (κ2) is 6.47. The van der Waals surface area contributed by atoms with Crippen molar-refractivity contribution in [1.29, 1.82) is 0 Å². The van der Waals surface area contributed by atoms with E-state index in [1.165, 1.54) is 6.20 Å². The van der Waals surface area contributed by atoms with E-state index >= 15 is 0 Å². The van der Waals surface area contributed by atoms with E-state index in [-0.39, 0.29) is 17.2 Å². The standard InChI is InChI=1S/C11H12BrClN2O3/c12-7-3-9(10(13)14-4-7)11(16)15-5-8-6-17-1-2-18-8/h3-4,8H,1-2,5-6H2,(H,15,16). The lowest BCUT2D eigenvalue weighted by Gasteiger charge is -2.23. The van der Waals surface area contributed by atoms with Crippen LogP contribution in [-0.4, -0.2) is 43.4 Å². The molecule has 1 aromatic rings. The molecule has 1 saturated heterocycles. The summed E-state index contributed by atoms with van der Waals surface area (Å²) < 4.78 is 11.4. The Bertz CT molecular complexity index is 438. The van der Waals surface area contributed by atoms with Crippen LogP contribution in [0.25, 0.3) is 0 Å². The molecule has 1 fully saturated rings. The van der Waals surface area contributed by atoms with Gasteiger partial charge in [0.05, 0.1) is 31.5 Å². The Morgan fingerprint density at radius 1 is 1.61 bits per heavy atom. The van der Waals surface area contributed by atoms with Gasteiger partial charge in [0.25, 0.3) is 5.91 Å². The van der Waals surface area contributed by atoms with Gasteiger partial charge in [0.2, 0.25) is 0 Å². The van der Waals surface area contributed by atoms with Crippen molar-refractivity contribution in [3.63, 3.8) is 0 Å². The Labute approximate surface area is 118 Å². The van der Waals surface area contributed by atoms with E-state index in [9.17, 15) is 4.79 Å². The summed E-state index contributed by atoms with van der Waals surface area (Å²) in [7, 11) is 0. The van der Waals surface area contributed by atoms with E-state index < -0.39 is 0 Å². The van der Waals surface area contributed by atoms with Gasteiger partial charge in [-0.2, -0.15) is 0 Å². The molecular formula is C11H12BrClN2O3. The van der Waals surface area contributed by atoms with Crippen LogP contribution in [0.1, 0.15) is 10.4 Å². The van der Waals surface area contributed by atoms with Crippen LogP contribution in [0.5, 0.6) is 0 Å². The van der Waals surface area contributed by atoms with Crippen LogP contribution < -0.4 is 5.32 Å². The van der Waals surface area contributed by atoms with Gasteiger partial charge in [-0.25, -0.2) is 4.98 Å². The molecule has 2 rings (SSSR count). The lowest BCUT2D eigenvalue weighted by Crippen LogP contribution is -2.39. The summed E-state index contributed by atoms with van der Waals surface area (Å²) in [6.45, 7) is 2.04. The van der Waals surface area contributed by atoms with Crippen LogP contribution >= 0.6 is 27.5 Å². The number of aromatic nitrogens is 1. The average Bonchev–Trinajstić information content (AvgIpc) is 2.40. The first-order valence-electron chi connectivity index (χ1n) is 5.45. The molecule has 1 amide bonds. The van der Waals surface area contributed by atoms with Gasteiger partial charge in [0.1, 0.15) is 5.15 Å². The van der Waals surface area contributed by atoms with Crippen molar-refractivity contribution in [2.24, 2.45) is 0 Å². The molecule has 98 valence electrons. The van der Waals surface area contributed by atoms with Crippen LogP contribution in [0.3, 0.4) is 0 Å². The Balaban J connectivity index is 1.92. The van der Waals surface area contributed by atoms with Gasteiger partial charge in [-0.05, 0) is 22.0 Å². The highest BCUT2D eigenvalue weighted by atomic mass is 79.9. The highest BCUT2D eigenvalue weighted by molar-refractivity contribution is 9.10. The third-order valence-corrected chi connectivity index (χ3v) is 3.16. The summed E-state index contributed by atoms with van der Waals surface area (Å²) in [6.07, 6.45) is 1.43. The minimum absolute atomic E-state index is 0.110. The predicted molar refractivity (Wildman–Crippen MR) is 69.8 cm³/mol. The summed E-state index contributed by atoms with van der Waals surface area (Å²) in [5.74, 6) is -0.275. The molecule has 1 aromatic heterocycles. The maximum atomic E-state index is 11.9. The number of hydrogen-bond donors (Lipinski definition) is 1. The van der Waals surface area contributed by atoms with Gasteiger partial charge >= 0.3 is 0 Å². The van der Waals surface area contributed by atoms with Crippen molar-refractivity contribution in [3.05, 3.63) is 27.5 Å². The lowest BCUT2D eigenvalue weighted by molar-refractivity contribution is -0.0855. The third kappa shape index (κ3) is 3.65. The van der Waals surface area contributed by atoms with Gasteiger partial charge in [-0.3, -0.25) is 4.79 Å². The van der Waals surface area contributed by atoms with Crippen LogP contribution in [0.4, 0.5) is 0 Å². The Morgan fingerprint density at radius 2 is 2.44 bits per heavy atom. The van der Waals surface area contributed by atoms with Gasteiger partial charge < -0.3 is 14.8 Å². The number of nitrogens with one attached hydrogen (secondary N) is 1. The number of rotatable bonds is 3. The number of nitrogens with zero attached hydrogens (tertiary/aromatic N) is 1. The molecule has 18 heavy (non-hydrogen) atoms. The maximum Gasteiger partial charge on any atom is 0.254 e. The minimum Gasteiger partial charge on any atom is -0.376 e. The highest BCUT2D eigenvalue weighted by Crippen LogP contribution is 2.17. The fraction of sp³-hybridized carbons (Fsp3) is 0.455. The molecule has 2 heterocycles.